The third-order valence-electron chi connectivity index (χ3n) is 12.1. The highest BCUT2D eigenvalue weighted by atomic mass is 16.8. The van der Waals surface area contributed by atoms with Gasteiger partial charge in [-0.15, -0.1) is 0 Å². The zero-order valence-electron chi connectivity index (χ0n) is 36.3. The molecule has 0 spiro atoms. The van der Waals surface area contributed by atoms with Crippen molar-refractivity contribution in [2.45, 2.75) is 149 Å². The molecule has 2 aromatic rings. The van der Waals surface area contributed by atoms with Crippen molar-refractivity contribution in [2.24, 2.45) is 25.6 Å². The molecule has 1 aliphatic carbocycles. The van der Waals surface area contributed by atoms with Crippen LogP contribution in [0, 0.1) is 0 Å². The highest BCUT2D eigenvalue weighted by molar-refractivity contribution is 5.68. The summed E-state index contributed by atoms with van der Waals surface area (Å²) in [5.41, 5.74) is 48.3. The number of hydrogen-bond donors (Lipinski definition) is 5. The third-order valence-corrected chi connectivity index (χ3v) is 12.1. The topological polar surface area (TPSA) is 430 Å². The van der Waals surface area contributed by atoms with Crippen molar-refractivity contribution in [1.82, 2.24) is 4.90 Å². The molecule has 364 valence electrons. The van der Waals surface area contributed by atoms with Crippen molar-refractivity contribution in [3.8, 4) is 0 Å². The van der Waals surface area contributed by atoms with E-state index in [0.717, 1.165) is 11.1 Å². The Morgan fingerprint density at radius 2 is 1.28 bits per heavy atom. The van der Waals surface area contributed by atoms with Crippen LogP contribution in [0.3, 0.4) is 0 Å². The minimum atomic E-state index is -1.89. The molecule has 3 heterocycles. The van der Waals surface area contributed by atoms with E-state index in [1.165, 1.54) is 4.90 Å². The van der Waals surface area contributed by atoms with Gasteiger partial charge in [0.15, 0.2) is 18.9 Å². The second-order valence-electron chi connectivity index (χ2n) is 16.2. The average Bonchev–Trinajstić information content (AvgIpc) is 3.65. The van der Waals surface area contributed by atoms with Crippen LogP contribution in [0.4, 0.5) is 4.79 Å². The molecule has 5 N–H and O–H groups in total. The summed E-state index contributed by atoms with van der Waals surface area (Å²) in [6.45, 7) is 0.519. The van der Waals surface area contributed by atoms with Gasteiger partial charge in [0.25, 0.3) is 0 Å². The molecule has 4 fully saturated rings. The van der Waals surface area contributed by atoms with E-state index in [9.17, 15) is 52.5 Å². The third kappa shape index (κ3) is 12.3. The fraction of sp³-hybridized carbons (Fsp3) is 0.667. The zero-order valence-corrected chi connectivity index (χ0v) is 36.3. The second-order valence-corrected chi connectivity index (χ2v) is 16.2. The van der Waals surface area contributed by atoms with E-state index >= 15 is 0 Å². The number of benzene rings is 2. The molecule has 4 aliphatic rings. The molecule has 3 saturated heterocycles. The van der Waals surface area contributed by atoms with Crippen LogP contribution in [0.5, 0.6) is 0 Å². The predicted octanol–water partition coefficient (Wildman–Crippen LogP) is 4.19. The number of aliphatic hydroxyl groups excluding tert-OH is 5. The molecular formula is C39H50N16O13. The van der Waals surface area contributed by atoms with E-state index < -0.39 is 129 Å². The Bertz CT molecular complexity index is 2230. The summed E-state index contributed by atoms with van der Waals surface area (Å²) in [6.07, 6.45) is -21.2. The summed E-state index contributed by atoms with van der Waals surface area (Å²) < 4.78 is 42.4. The number of carbonyl (C=O) groups is 1. The maximum absolute atomic E-state index is 13.9. The van der Waals surface area contributed by atoms with E-state index in [1.54, 1.807) is 6.92 Å². The first-order valence-electron chi connectivity index (χ1n) is 21.4. The minimum Gasteiger partial charge on any atom is -0.445 e. The first kappa shape index (κ1) is 51.2. The first-order chi connectivity index (χ1) is 33.0. The molecule has 68 heavy (non-hydrogen) atoms. The summed E-state index contributed by atoms with van der Waals surface area (Å²) in [5.74, 6) is 0. The lowest BCUT2D eigenvalue weighted by molar-refractivity contribution is -0.291. The molecule has 1 saturated carbocycles. The minimum absolute atomic E-state index is 0.0144. The quantitative estimate of drug-likeness (QED) is 0.0750. The van der Waals surface area contributed by atoms with Crippen molar-refractivity contribution in [3.05, 3.63) is 124 Å². The molecule has 29 nitrogen and oxygen atoms in total. The van der Waals surface area contributed by atoms with Crippen LogP contribution in [0.2, 0.25) is 0 Å². The molecule has 3 aliphatic heterocycles. The van der Waals surface area contributed by atoms with Gasteiger partial charge in [-0.3, -0.25) is 4.90 Å². The van der Waals surface area contributed by atoms with Crippen LogP contribution >= 0.6 is 0 Å². The van der Waals surface area contributed by atoms with Gasteiger partial charge in [0, 0.05) is 31.1 Å². The van der Waals surface area contributed by atoms with E-state index in [4.69, 9.17) is 38.7 Å². The number of azide groups is 5. The van der Waals surface area contributed by atoms with Gasteiger partial charge in [0.05, 0.1) is 67.8 Å². The van der Waals surface area contributed by atoms with Crippen LogP contribution in [0.1, 0.15) is 37.3 Å². The van der Waals surface area contributed by atoms with Crippen LogP contribution in [-0.4, -0.2) is 160 Å². The Balaban J connectivity index is 1.27. The molecule has 1 unspecified atom stereocenters. The molecule has 1 amide bonds. The first-order valence-corrected chi connectivity index (χ1v) is 21.4. The Kier molecular flexibility index (Phi) is 18.6. The summed E-state index contributed by atoms with van der Waals surface area (Å²) in [4.78, 5) is 29.3. The number of amides is 1. The van der Waals surface area contributed by atoms with Gasteiger partial charge in [-0.25, -0.2) is 4.79 Å². The molecule has 0 aromatic heterocycles. The number of nitrogens with zero attached hydrogens (tertiary/aromatic N) is 16. The van der Waals surface area contributed by atoms with Gasteiger partial charge in [-0.1, -0.05) is 86.2 Å². The van der Waals surface area contributed by atoms with Crippen LogP contribution in [0.15, 0.2) is 86.2 Å². The fourth-order valence-corrected chi connectivity index (χ4v) is 8.53. The van der Waals surface area contributed by atoms with E-state index in [1.807, 2.05) is 60.7 Å². The molecule has 0 radical (unpaired) electrons. The van der Waals surface area contributed by atoms with E-state index in [0.29, 0.717) is 0 Å². The smallest absolute Gasteiger partial charge is 0.410 e. The Morgan fingerprint density at radius 3 is 1.93 bits per heavy atom. The lowest BCUT2D eigenvalue weighted by Gasteiger charge is -2.46. The average molecular weight is 951 g/mol. The molecule has 2 aromatic carbocycles. The van der Waals surface area contributed by atoms with Crippen molar-refractivity contribution in [1.29, 1.82) is 0 Å². The largest absolute Gasteiger partial charge is 0.445 e. The lowest BCUT2D eigenvalue weighted by Crippen LogP contribution is -2.61. The van der Waals surface area contributed by atoms with Gasteiger partial charge >= 0.3 is 6.09 Å². The summed E-state index contributed by atoms with van der Waals surface area (Å²) >= 11 is 0. The maximum Gasteiger partial charge on any atom is 0.410 e. The number of carbonyl (C=O) groups excluding carboxylic acids is 1. The summed E-state index contributed by atoms with van der Waals surface area (Å²) in [7, 11) is 0. The number of aliphatic hydroxyl groups is 5. The highest BCUT2D eigenvalue weighted by Crippen LogP contribution is 2.38. The van der Waals surface area contributed by atoms with E-state index in [-0.39, 0.29) is 32.4 Å². The number of rotatable bonds is 19. The van der Waals surface area contributed by atoms with Crippen molar-refractivity contribution in [2.75, 3.05) is 13.2 Å². The monoisotopic (exact) mass is 950 g/mol. The Morgan fingerprint density at radius 1 is 0.676 bits per heavy atom. The second kappa shape index (κ2) is 24.7. The van der Waals surface area contributed by atoms with Gasteiger partial charge < -0.3 is 58.7 Å². The van der Waals surface area contributed by atoms with Gasteiger partial charge in [0.2, 0.25) is 0 Å². The molecule has 0 bridgehead atoms. The molecule has 29 heteroatoms. The molecular weight excluding hydrogens is 901 g/mol. The van der Waals surface area contributed by atoms with Crippen LogP contribution in [-0.2, 0) is 46.3 Å². The van der Waals surface area contributed by atoms with Gasteiger partial charge in [-0.05, 0) is 65.0 Å². The van der Waals surface area contributed by atoms with Crippen molar-refractivity contribution in [3.63, 3.8) is 0 Å². The number of ether oxygens (including phenoxy) is 7. The Hall–Kier alpha value is -6.18. The maximum atomic E-state index is 13.9. The number of hydrogen-bond acceptors (Lipinski definition) is 18. The van der Waals surface area contributed by atoms with Crippen molar-refractivity contribution >= 4 is 6.09 Å². The van der Waals surface area contributed by atoms with Crippen LogP contribution in [0.25, 0.3) is 52.2 Å². The SMILES string of the molecule is C[C@@H]([C@@H]1CC[C@@H](N=[N+]=[N-])[C@@H](O[C@H]2[C@H](O[C@@H]3O[C@H](CO)[C@@H](O[C@H]4OC(CN=[N+]=[N-])[C@@H](O)[C@H](O)[C@H]4N=[N+]=[N-])[C@H]3O)[C@@H](O)[C@H](N=[N+]=[N-])C[C@@H]2N=[N+]=[N-])O1)N(Cc1ccccc1)C(=O)OCc1ccccc1. The lowest BCUT2D eigenvalue weighted by atomic mass is 9.84. The highest BCUT2D eigenvalue weighted by Gasteiger charge is 2.55. The fourth-order valence-electron chi connectivity index (χ4n) is 8.53. The predicted molar refractivity (Wildman–Crippen MR) is 229 cm³/mol. The van der Waals surface area contributed by atoms with E-state index in [2.05, 4.69) is 50.1 Å². The zero-order chi connectivity index (χ0) is 48.7. The summed E-state index contributed by atoms with van der Waals surface area (Å²) in [5, 5.41) is 73.4. The summed E-state index contributed by atoms with van der Waals surface area (Å²) in [6, 6.07) is 12.3. The molecule has 6 rings (SSSR count). The van der Waals surface area contributed by atoms with Crippen molar-refractivity contribution < 1.29 is 63.5 Å². The standard InChI is InChI=1S/C39H50N16O13/c1-19(55(16-20-8-4-2-5-9-20)39(61)62-18-21-10-6-3-7-11-21)25-13-12-22(46-51-41)36(63-25)66-33-24(48-53-43)14-23(47-52-42)29(57)35(33)68-38-32(60)34(27(17-56)65-38)67-37-28(49-54-44)31(59)30(58)26(64-37)15-45-50-40/h2-11,19,22-38,56-60H,12-18H2,1H3/t19-,22+,23+,24-,25-,26?,27+,28+,29-,30+,31+,32+,33+,34+,35+,36+,37+,38-/m0/s1. The van der Waals surface area contributed by atoms with Gasteiger partial charge in [0.1, 0.15) is 43.2 Å². The van der Waals surface area contributed by atoms with Crippen LogP contribution < -0.4 is 0 Å². The molecule has 18 atom stereocenters. The Labute approximate surface area is 386 Å². The van der Waals surface area contributed by atoms with Gasteiger partial charge in [-0.2, -0.15) is 0 Å². The normalized spacial score (nSPS) is 34.8.